The molecule has 0 atom stereocenters. The van der Waals surface area contributed by atoms with Gasteiger partial charge in [0.2, 0.25) is 0 Å². The van der Waals surface area contributed by atoms with Crippen LogP contribution in [-0.2, 0) is 0 Å². The monoisotopic (exact) mass is 109 g/mol. The summed E-state index contributed by atoms with van der Waals surface area (Å²) in [6.45, 7) is 1.98. The van der Waals surface area contributed by atoms with Gasteiger partial charge in [-0.05, 0) is 13.0 Å². The average Bonchev–Trinajstić information content (AvgIpc) is 1.81. The lowest BCUT2D eigenvalue weighted by Gasteiger charge is -1.68. The molecule has 0 saturated heterocycles. The predicted molar refractivity (Wildman–Crippen MR) is 38.4 cm³/mol. The second-order valence-electron chi connectivity index (χ2n) is 1.32. The average molecular weight is 109 g/mol. The Morgan fingerprint density at radius 3 is 2.38 bits per heavy atom. The molecule has 0 bridgehead atoms. The topological polar surface area (TPSA) is 12.4 Å². The van der Waals surface area contributed by atoms with E-state index in [0.717, 1.165) is 0 Å². The minimum Gasteiger partial charge on any atom is -0.297 e. The molecule has 0 aromatic rings. The highest BCUT2D eigenvalue weighted by Gasteiger charge is 1.55. The molecule has 0 aromatic heterocycles. The zero-order chi connectivity index (χ0) is 6.24. The third-order valence-corrected chi connectivity index (χ3v) is 0.650. The quantitative estimate of drug-likeness (QED) is 0.379. The minimum absolute atomic E-state index is 1.75. The van der Waals surface area contributed by atoms with Gasteiger partial charge in [0, 0.05) is 13.3 Å². The molecule has 8 heavy (non-hydrogen) atoms. The van der Waals surface area contributed by atoms with Crippen molar-refractivity contribution in [3.63, 3.8) is 0 Å². The summed E-state index contributed by atoms with van der Waals surface area (Å²) in [5.74, 6) is 0. The Kier molecular flexibility index (Phi) is 5.50. The molecule has 0 fully saturated rings. The van der Waals surface area contributed by atoms with Crippen molar-refractivity contribution >= 4 is 6.21 Å². The second-order valence-corrected chi connectivity index (χ2v) is 1.32. The molecular formula is C7H11N. The Labute approximate surface area is 50.4 Å². The number of rotatable bonds is 2. The van der Waals surface area contributed by atoms with Gasteiger partial charge < -0.3 is 0 Å². The van der Waals surface area contributed by atoms with Gasteiger partial charge in [0.1, 0.15) is 0 Å². The van der Waals surface area contributed by atoms with E-state index < -0.39 is 0 Å². The molecule has 1 nitrogen and oxygen atoms in total. The first kappa shape index (κ1) is 7.15. The van der Waals surface area contributed by atoms with Crippen molar-refractivity contribution in [2.24, 2.45) is 4.99 Å². The van der Waals surface area contributed by atoms with Gasteiger partial charge in [-0.2, -0.15) is 0 Å². The molecule has 0 saturated carbocycles. The van der Waals surface area contributed by atoms with Gasteiger partial charge >= 0.3 is 0 Å². The Hall–Kier alpha value is -0.850. The number of nitrogens with zero attached hydrogens (tertiary/aromatic N) is 1. The van der Waals surface area contributed by atoms with E-state index in [9.17, 15) is 0 Å². The Morgan fingerprint density at radius 2 is 1.88 bits per heavy atom. The van der Waals surface area contributed by atoms with Gasteiger partial charge in [-0.1, -0.05) is 18.2 Å². The van der Waals surface area contributed by atoms with Crippen LogP contribution in [0, 0.1) is 0 Å². The van der Waals surface area contributed by atoms with Crippen molar-refractivity contribution in [2.75, 3.05) is 7.05 Å². The van der Waals surface area contributed by atoms with Crippen LogP contribution in [0.1, 0.15) is 6.92 Å². The van der Waals surface area contributed by atoms with Crippen molar-refractivity contribution in [2.45, 2.75) is 6.92 Å². The van der Waals surface area contributed by atoms with Gasteiger partial charge in [0.05, 0.1) is 0 Å². The molecule has 0 aliphatic rings. The van der Waals surface area contributed by atoms with Crippen LogP contribution in [0.25, 0.3) is 0 Å². The van der Waals surface area contributed by atoms with Crippen molar-refractivity contribution < 1.29 is 0 Å². The molecule has 44 valence electrons. The third-order valence-electron chi connectivity index (χ3n) is 0.650. The highest BCUT2D eigenvalue weighted by molar-refractivity contribution is 5.71. The largest absolute Gasteiger partial charge is 0.297 e. The van der Waals surface area contributed by atoms with Gasteiger partial charge in [0.25, 0.3) is 0 Å². The fourth-order valence-electron chi connectivity index (χ4n) is 0.311. The Balaban J connectivity index is 3.35. The number of hydrogen-bond donors (Lipinski definition) is 0. The molecule has 0 unspecified atom stereocenters. The van der Waals surface area contributed by atoms with Crippen LogP contribution >= 0.6 is 0 Å². The van der Waals surface area contributed by atoms with Crippen LogP contribution in [0.2, 0.25) is 0 Å². The summed E-state index contributed by atoms with van der Waals surface area (Å²) in [5.41, 5.74) is 0. The molecule has 0 aliphatic heterocycles. The lowest BCUT2D eigenvalue weighted by atomic mass is 10.4. The van der Waals surface area contributed by atoms with Crippen LogP contribution in [0.5, 0.6) is 0 Å². The summed E-state index contributed by atoms with van der Waals surface area (Å²) >= 11 is 0. The molecule has 0 rings (SSSR count). The van der Waals surface area contributed by atoms with Crippen LogP contribution in [0.15, 0.2) is 29.3 Å². The lowest BCUT2D eigenvalue weighted by molar-refractivity contribution is 1.48. The number of allylic oxidation sites excluding steroid dienone is 4. The first-order valence-electron chi connectivity index (χ1n) is 2.62. The molecule has 0 aromatic carbocycles. The van der Waals surface area contributed by atoms with Crippen molar-refractivity contribution in [1.29, 1.82) is 0 Å². The summed E-state index contributed by atoms with van der Waals surface area (Å²) in [7, 11) is 1.75. The fourth-order valence-corrected chi connectivity index (χ4v) is 0.311. The van der Waals surface area contributed by atoms with Crippen molar-refractivity contribution in [3.8, 4) is 0 Å². The molecule has 1 heteroatoms. The van der Waals surface area contributed by atoms with Crippen LogP contribution in [-0.4, -0.2) is 13.3 Å². The molecule has 0 heterocycles. The maximum absolute atomic E-state index is 3.76. The molecule has 0 amide bonds. The maximum atomic E-state index is 3.76. The summed E-state index contributed by atoms with van der Waals surface area (Å²) in [6, 6.07) is 0. The molecule has 0 radical (unpaired) electrons. The predicted octanol–water partition coefficient (Wildman–Crippen LogP) is 1.82. The summed E-state index contributed by atoms with van der Waals surface area (Å²) in [6.07, 6.45) is 9.51. The van der Waals surface area contributed by atoms with E-state index in [1.807, 2.05) is 31.2 Å². The van der Waals surface area contributed by atoms with E-state index in [4.69, 9.17) is 0 Å². The van der Waals surface area contributed by atoms with E-state index in [0.29, 0.717) is 0 Å². The van der Waals surface area contributed by atoms with E-state index >= 15 is 0 Å². The SMILES string of the molecule is C\C=C/C=C/C=N/C. The second kappa shape index (κ2) is 6.15. The van der Waals surface area contributed by atoms with E-state index in [1.54, 1.807) is 13.3 Å². The van der Waals surface area contributed by atoms with Gasteiger partial charge in [0.15, 0.2) is 0 Å². The first-order valence-corrected chi connectivity index (χ1v) is 2.62. The van der Waals surface area contributed by atoms with Gasteiger partial charge in [-0.25, -0.2) is 0 Å². The van der Waals surface area contributed by atoms with Crippen LogP contribution in [0.3, 0.4) is 0 Å². The van der Waals surface area contributed by atoms with Gasteiger partial charge in [-0.3, -0.25) is 4.99 Å². The van der Waals surface area contributed by atoms with E-state index in [-0.39, 0.29) is 0 Å². The smallest absolute Gasteiger partial charge is 0.0277 e. The third kappa shape index (κ3) is 5.15. The first-order chi connectivity index (χ1) is 3.91. The van der Waals surface area contributed by atoms with Gasteiger partial charge in [-0.15, -0.1) is 0 Å². The zero-order valence-electron chi connectivity index (χ0n) is 5.33. The standard InChI is InChI=1S/C7H11N/c1-3-4-5-6-7-8-2/h3-7H,1-2H3/b4-3-,6-5+,8-7+. The fraction of sp³-hybridized carbons (Fsp3) is 0.286. The van der Waals surface area contributed by atoms with E-state index in [1.165, 1.54) is 0 Å². The molecule has 0 spiro atoms. The Bertz CT molecular complexity index is 95.6. The van der Waals surface area contributed by atoms with Crippen LogP contribution in [0.4, 0.5) is 0 Å². The number of hydrogen-bond acceptors (Lipinski definition) is 1. The summed E-state index contributed by atoms with van der Waals surface area (Å²) < 4.78 is 0. The Morgan fingerprint density at radius 1 is 1.12 bits per heavy atom. The summed E-state index contributed by atoms with van der Waals surface area (Å²) in [4.78, 5) is 3.76. The maximum Gasteiger partial charge on any atom is 0.0277 e. The van der Waals surface area contributed by atoms with Crippen molar-refractivity contribution in [1.82, 2.24) is 0 Å². The normalized spacial score (nSPS) is 12.8. The minimum atomic E-state index is 1.75. The molecule has 0 N–H and O–H groups in total. The van der Waals surface area contributed by atoms with Crippen molar-refractivity contribution in [3.05, 3.63) is 24.3 Å². The molecular weight excluding hydrogens is 98.1 g/mol. The highest BCUT2D eigenvalue weighted by Crippen LogP contribution is 1.71. The van der Waals surface area contributed by atoms with Crippen LogP contribution < -0.4 is 0 Å². The molecule has 0 aliphatic carbocycles. The highest BCUT2D eigenvalue weighted by atomic mass is 14.6. The summed E-state index contributed by atoms with van der Waals surface area (Å²) in [5, 5.41) is 0. The lowest BCUT2D eigenvalue weighted by Crippen LogP contribution is -1.58. The van der Waals surface area contributed by atoms with E-state index in [2.05, 4.69) is 4.99 Å². The zero-order valence-corrected chi connectivity index (χ0v) is 5.33. The number of aliphatic imine (C=N–C) groups is 1.